The number of nitrogens with zero attached hydrogens (tertiary/aromatic N) is 4. The fourth-order valence-corrected chi connectivity index (χ4v) is 3.20. The zero-order valence-electron chi connectivity index (χ0n) is 17.9. The molecule has 0 spiro atoms. The second-order valence-corrected chi connectivity index (χ2v) is 8.10. The van der Waals surface area contributed by atoms with Gasteiger partial charge in [-0.3, -0.25) is 9.36 Å². The van der Waals surface area contributed by atoms with Crippen molar-refractivity contribution in [1.29, 1.82) is 10.5 Å². The molecule has 32 heavy (non-hydrogen) atoms. The van der Waals surface area contributed by atoms with E-state index in [1.165, 1.54) is 12.1 Å². The van der Waals surface area contributed by atoms with Crippen LogP contribution in [0.5, 0.6) is 0 Å². The van der Waals surface area contributed by atoms with Crippen LogP contribution < -0.4 is 10.9 Å². The molecule has 0 unspecified atom stereocenters. The maximum absolute atomic E-state index is 14.2. The number of benzene rings is 2. The Balaban J connectivity index is 2.28. The summed E-state index contributed by atoms with van der Waals surface area (Å²) in [6, 6.07) is 11.0. The molecule has 9 heteroatoms. The van der Waals surface area contributed by atoms with Gasteiger partial charge in [-0.2, -0.15) is 10.5 Å². The van der Waals surface area contributed by atoms with E-state index in [0.717, 1.165) is 16.7 Å². The number of rotatable bonds is 3. The zero-order valence-corrected chi connectivity index (χ0v) is 17.9. The normalized spacial score (nSPS) is 12.0. The molecule has 0 aliphatic rings. The summed E-state index contributed by atoms with van der Waals surface area (Å²) < 4.78 is 20.6. The Morgan fingerprint density at radius 3 is 2.56 bits per heavy atom. The lowest BCUT2D eigenvalue weighted by Crippen LogP contribution is -2.37. The minimum absolute atomic E-state index is 0.000676. The number of hydrogen-bond donors (Lipinski definition) is 1. The van der Waals surface area contributed by atoms with Gasteiger partial charge in [0.05, 0.1) is 39.8 Å². The monoisotopic (exact) mass is 433 g/mol. The maximum Gasteiger partial charge on any atom is 0.408 e. The van der Waals surface area contributed by atoms with Crippen molar-refractivity contribution in [2.45, 2.75) is 39.3 Å². The Labute approximate surface area is 183 Å². The Kier molecular flexibility index (Phi) is 5.95. The molecule has 3 aromatic rings. The summed E-state index contributed by atoms with van der Waals surface area (Å²) in [5.41, 5.74) is -0.984. The van der Waals surface area contributed by atoms with Gasteiger partial charge in [0.25, 0.3) is 5.56 Å². The van der Waals surface area contributed by atoms with Gasteiger partial charge in [-0.1, -0.05) is 6.07 Å². The molecule has 0 radical (unpaired) electrons. The molecule has 1 aromatic heterocycles. The lowest BCUT2D eigenvalue weighted by atomic mass is 10.1. The molecule has 8 nitrogen and oxygen atoms in total. The number of nitriles is 2. The van der Waals surface area contributed by atoms with E-state index in [4.69, 9.17) is 4.74 Å². The number of fused-ring (bicyclic) bond motifs is 1. The molecule has 0 fully saturated rings. The molecule has 1 amide bonds. The molecule has 0 aliphatic carbocycles. The third kappa shape index (κ3) is 4.57. The number of alkyl carbamates (subject to hydrolysis) is 1. The Morgan fingerprint density at radius 1 is 1.22 bits per heavy atom. The molecule has 1 N–H and O–H groups in total. The topological polar surface area (TPSA) is 121 Å². The molecular weight excluding hydrogens is 413 g/mol. The van der Waals surface area contributed by atoms with E-state index in [9.17, 15) is 24.5 Å². The van der Waals surface area contributed by atoms with Gasteiger partial charge in [0.15, 0.2) is 0 Å². The summed E-state index contributed by atoms with van der Waals surface area (Å²) in [5, 5.41) is 21.3. The van der Waals surface area contributed by atoms with Gasteiger partial charge < -0.3 is 10.1 Å². The van der Waals surface area contributed by atoms with Gasteiger partial charge in [-0.25, -0.2) is 14.2 Å². The van der Waals surface area contributed by atoms with Crippen LogP contribution in [0.25, 0.3) is 16.6 Å². The standard InChI is InChI=1S/C23H20FN5O3/c1-13(27-22(31)32-23(2,3)4)20-28-18-7-5-6-15(12-26)19(18)21(30)29(20)17-9-14(11-25)8-16(24)10-17/h5-10,13H,1-4H3,(H,27,31)/t13-/m0/s1. The number of nitrogens with one attached hydrogen (secondary N) is 1. The minimum atomic E-state index is -0.832. The minimum Gasteiger partial charge on any atom is -0.444 e. The second kappa shape index (κ2) is 8.48. The average molecular weight is 433 g/mol. The molecule has 0 saturated carbocycles. The summed E-state index contributed by atoms with van der Waals surface area (Å²) >= 11 is 0. The first-order chi connectivity index (χ1) is 15.0. The van der Waals surface area contributed by atoms with Crippen LogP contribution in [-0.4, -0.2) is 21.2 Å². The third-order valence-electron chi connectivity index (χ3n) is 4.43. The van der Waals surface area contributed by atoms with E-state index in [1.54, 1.807) is 39.8 Å². The quantitative estimate of drug-likeness (QED) is 0.670. The predicted octanol–water partition coefficient (Wildman–Crippen LogP) is 3.85. The highest BCUT2D eigenvalue weighted by molar-refractivity contribution is 5.84. The largest absolute Gasteiger partial charge is 0.444 e. The fourth-order valence-electron chi connectivity index (χ4n) is 3.20. The molecule has 2 aromatic carbocycles. The molecule has 162 valence electrons. The fraction of sp³-hybridized carbons (Fsp3) is 0.261. The smallest absolute Gasteiger partial charge is 0.408 e. The summed E-state index contributed by atoms with van der Waals surface area (Å²) in [5.74, 6) is -0.642. The number of halogens is 1. The number of amides is 1. The van der Waals surface area contributed by atoms with Crippen LogP contribution >= 0.6 is 0 Å². The van der Waals surface area contributed by atoms with Crippen LogP contribution in [0.3, 0.4) is 0 Å². The van der Waals surface area contributed by atoms with Gasteiger partial charge in [-0.15, -0.1) is 0 Å². The second-order valence-electron chi connectivity index (χ2n) is 8.10. The van der Waals surface area contributed by atoms with Crippen molar-refractivity contribution in [1.82, 2.24) is 14.9 Å². The van der Waals surface area contributed by atoms with E-state index < -0.39 is 29.1 Å². The molecule has 3 rings (SSSR count). The highest BCUT2D eigenvalue weighted by atomic mass is 19.1. The zero-order chi connectivity index (χ0) is 23.6. The number of hydrogen-bond acceptors (Lipinski definition) is 6. The first-order valence-corrected chi connectivity index (χ1v) is 9.70. The molecule has 1 heterocycles. The van der Waals surface area contributed by atoms with Crippen LogP contribution in [0.1, 0.15) is 50.7 Å². The molecular formula is C23H20FN5O3. The lowest BCUT2D eigenvalue weighted by molar-refractivity contribution is 0.0505. The Bertz CT molecular complexity index is 1360. The lowest BCUT2D eigenvalue weighted by Gasteiger charge is -2.23. The number of ether oxygens (including phenoxy) is 1. The molecule has 0 aliphatic heterocycles. The highest BCUT2D eigenvalue weighted by Gasteiger charge is 2.24. The van der Waals surface area contributed by atoms with Crippen molar-refractivity contribution in [3.05, 3.63) is 69.5 Å². The molecule has 0 saturated heterocycles. The van der Waals surface area contributed by atoms with Gasteiger partial charge >= 0.3 is 6.09 Å². The Hall–Kier alpha value is -4.24. The predicted molar refractivity (Wildman–Crippen MR) is 115 cm³/mol. The summed E-state index contributed by atoms with van der Waals surface area (Å²) in [4.78, 5) is 30.3. The summed E-state index contributed by atoms with van der Waals surface area (Å²) in [6.07, 6.45) is -0.728. The molecule has 1 atom stereocenters. The number of carbonyl (C=O) groups excluding carboxylic acids is 1. The van der Waals surface area contributed by atoms with E-state index >= 15 is 0 Å². The number of aromatic nitrogens is 2. The van der Waals surface area contributed by atoms with E-state index in [-0.39, 0.29) is 33.5 Å². The van der Waals surface area contributed by atoms with Crippen LogP contribution in [0.2, 0.25) is 0 Å². The van der Waals surface area contributed by atoms with E-state index in [0.29, 0.717) is 0 Å². The van der Waals surface area contributed by atoms with Crippen LogP contribution in [0.4, 0.5) is 9.18 Å². The van der Waals surface area contributed by atoms with Crippen molar-refractivity contribution in [2.75, 3.05) is 0 Å². The molecule has 0 bridgehead atoms. The van der Waals surface area contributed by atoms with Crippen molar-refractivity contribution < 1.29 is 13.9 Å². The first kappa shape index (κ1) is 22.4. The van der Waals surface area contributed by atoms with Gasteiger partial charge in [0, 0.05) is 0 Å². The van der Waals surface area contributed by atoms with E-state index in [2.05, 4.69) is 10.3 Å². The van der Waals surface area contributed by atoms with Crippen molar-refractivity contribution >= 4 is 17.0 Å². The Morgan fingerprint density at radius 2 is 1.94 bits per heavy atom. The van der Waals surface area contributed by atoms with Gasteiger partial charge in [0.1, 0.15) is 23.3 Å². The van der Waals surface area contributed by atoms with Crippen molar-refractivity contribution in [3.8, 4) is 17.8 Å². The SMILES string of the molecule is C[C@H](NC(=O)OC(C)(C)C)c1nc2cccc(C#N)c2c(=O)n1-c1cc(F)cc(C#N)c1. The summed E-state index contributed by atoms with van der Waals surface area (Å²) in [6.45, 7) is 6.72. The van der Waals surface area contributed by atoms with Gasteiger partial charge in [-0.05, 0) is 58.0 Å². The third-order valence-corrected chi connectivity index (χ3v) is 4.43. The van der Waals surface area contributed by atoms with Gasteiger partial charge in [0.2, 0.25) is 0 Å². The van der Waals surface area contributed by atoms with Crippen LogP contribution in [-0.2, 0) is 4.74 Å². The first-order valence-electron chi connectivity index (χ1n) is 9.70. The number of carbonyl (C=O) groups is 1. The van der Waals surface area contributed by atoms with Crippen molar-refractivity contribution in [2.24, 2.45) is 0 Å². The van der Waals surface area contributed by atoms with Crippen molar-refractivity contribution in [3.63, 3.8) is 0 Å². The highest BCUT2D eigenvalue weighted by Crippen LogP contribution is 2.22. The van der Waals surface area contributed by atoms with E-state index in [1.807, 2.05) is 12.1 Å². The van der Waals surface area contributed by atoms with Crippen LogP contribution in [0, 0.1) is 28.5 Å². The maximum atomic E-state index is 14.2. The van der Waals surface area contributed by atoms with Crippen LogP contribution in [0.15, 0.2) is 41.2 Å². The summed E-state index contributed by atoms with van der Waals surface area (Å²) in [7, 11) is 0. The average Bonchev–Trinajstić information content (AvgIpc) is 2.70.